The molecule has 28 heavy (non-hydrogen) atoms. The molecule has 0 saturated heterocycles. The lowest BCUT2D eigenvalue weighted by atomic mass is 10.1. The summed E-state index contributed by atoms with van der Waals surface area (Å²) in [5.41, 5.74) is 6.04. The van der Waals surface area contributed by atoms with Crippen molar-refractivity contribution in [3.8, 4) is 11.3 Å². The molecule has 2 aromatic heterocycles. The number of carbonyl (C=O) groups excluding carboxylic acids is 2. The van der Waals surface area contributed by atoms with Crippen LogP contribution in [0.25, 0.3) is 11.3 Å². The number of pyridine rings is 1. The largest absolute Gasteiger partial charge is 0.352 e. The number of hydrogen-bond acceptors (Lipinski definition) is 4. The van der Waals surface area contributed by atoms with Crippen molar-refractivity contribution >= 4 is 11.7 Å². The van der Waals surface area contributed by atoms with Gasteiger partial charge in [0.05, 0.1) is 11.4 Å². The quantitative estimate of drug-likeness (QED) is 0.487. The number of hydrogen-bond donors (Lipinski definition) is 2. The number of ketones is 1. The van der Waals surface area contributed by atoms with Gasteiger partial charge in [-0.1, -0.05) is 12.1 Å². The van der Waals surface area contributed by atoms with E-state index >= 15 is 0 Å². The topological polar surface area (TPSA) is 87.7 Å². The van der Waals surface area contributed by atoms with Crippen LogP contribution in [0.4, 0.5) is 0 Å². The Morgan fingerprint density at radius 3 is 2.57 bits per heavy atom. The number of rotatable bonds is 7. The van der Waals surface area contributed by atoms with E-state index in [1.807, 2.05) is 32.0 Å². The van der Waals surface area contributed by atoms with Gasteiger partial charge in [-0.05, 0) is 63.4 Å². The Morgan fingerprint density at radius 2 is 1.93 bits per heavy atom. The molecule has 0 spiro atoms. The van der Waals surface area contributed by atoms with E-state index in [1.54, 1.807) is 24.4 Å². The average Bonchev–Trinajstić information content (AvgIpc) is 3.03. The second-order valence-corrected chi connectivity index (χ2v) is 6.84. The molecular formula is C22H24N4O2. The van der Waals surface area contributed by atoms with Gasteiger partial charge >= 0.3 is 0 Å². The van der Waals surface area contributed by atoms with E-state index in [-0.39, 0.29) is 11.7 Å². The highest BCUT2D eigenvalue weighted by molar-refractivity contribution is 5.95. The number of nitrogens with zero attached hydrogens (tertiary/aromatic N) is 2. The van der Waals surface area contributed by atoms with Crippen molar-refractivity contribution in [3.05, 3.63) is 70.7 Å². The van der Waals surface area contributed by atoms with E-state index in [4.69, 9.17) is 0 Å². The fraction of sp³-hybridized carbons (Fsp3) is 0.273. The van der Waals surface area contributed by atoms with E-state index < -0.39 is 0 Å². The second-order valence-electron chi connectivity index (χ2n) is 6.84. The molecule has 1 aromatic carbocycles. The van der Waals surface area contributed by atoms with Gasteiger partial charge in [-0.2, -0.15) is 5.10 Å². The first kappa shape index (κ1) is 19.5. The number of aryl methyl sites for hydroxylation is 2. The van der Waals surface area contributed by atoms with Gasteiger partial charge in [0.2, 0.25) is 0 Å². The molecule has 0 aliphatic carbocycles. The number of carbonyl (C=O) groups is 2. The maximum absolute atomic E-state index is 12.5. The molecule has 6 nitrogen and oxygen atoms in total. The SMILES string of the molecule is CC(=O)c1ccc(-c2cccc(C(=O)NCCCc3c(C)n[nH]c3C)c2)nc1. The maximum atomic E-state index is 12.5. The number of benzene rings is 1. The van der Waals surface area contributed by atoms with Crippen LogP contribution in [0.15, 0.2) is 42.6 Å². The summed E-state index contributed by atoms with van der Waals surface area (Å²) >= 11 is 0. The van der Waals surface area contributed by atoms with Crippen LogP contribution in [0.1, 0.15) is 51.0 Å². The van der Waals surface area contributed by atoms with Crippen molar-refractivity contribution in [3.63, 3.8) is 0 Å². The first-order chi connectivity index (χ1) is 13.5. The van der Waals surface area contributed by atoms with Crippen molar-refractivity contribution in [1.82, 2.24) is 20.5 Å². The van der Waals surface area contributed by atoms with E-state index in [1.165, 1.54) is 12.5 Å². The van der Waals surface area contributed by atoms with Crippen LogP contribution in [-0.4, -0.2) is 33.4 Å². The molecule has 6 heteroatoms. The van der Waals surface area contributed by atoms with E-state index in [9.17, 15) is 9.59 Å². The first-order valence-corrected chi connectivity index (χ1v) is 9.32. The van der Waals surface area contributed by atoms with Gasteiger partial charge in [-0.3, -0.25) is 19.7 Å². The van der Waals surface area contributed by atoms with Gasteiger partial charge in [-0.15, -0.1) is 0 Å². The first-order valence-electron chi connectivity index (χ1n) is 9.32. The fourth-order valence-electron chi connectivity index (χ4n) is 3.10. The third kappa shape index (κ3) is 4.52. The molecule has 0 aliphatic heterocycles. The van der Waals surface area contributed by atoms with Crippen LogP contribution in [0.2, 0.25) is 0 Å². The molecule has 2 N–H and O–H groups in total. The van der Waals surface area contributed by atoms with Crippen molar-refractivity contribution < 1.29 is 9.59 Å². The fourth-order valence-corrected chi connectivity index (χ4v) is 3.10. The summed E-state index contributed by atoms with van der Waals surface area (Å²) < 4.78 is 0. The number of nitrogens with one attached hydrogen (secondary N) is 2. The van der Waals surface area contributed by atoms with E-state index in [0.717, 1.165) is 35.5 Å². The van der Waals surface area contributed by atoms with Crippen molar-refractivity contribution in [2.24, 2.45) is 0 Å². The molecule has 0 radical (unpaired) electrons. The summed E-state index contributed by atoms with van der Waals surface area (Å²) in [6, 6.07) is 10.9. The van der Waals surface area contributed by atoms with Crippen LogP contribution >= 0.6 is 0 Å². The molecule has 0 unspecified atom stereocenters. The van der Waals surface area contributed by atoms with Gasteiger partial charge < -0.3 is 5.32 Å². The van der Waals surface area contributed by atoms with Crippen LogP contribution in [-0.2, 0) is 6.42 Å². The van der Waals surface area contributed by atoms with Crippen LogP contribution in [0.5, 0.6) is 0 Å². The summed E-state index contributed by atoms with van der Waals surface area (Å²) in [7, 11) is 0. The Morgan fingerprint density at radius 1 is 1.11 bits per heavy atom. The normalized spacial score (nSPS) is 10.7. The van der Waals surface area contributed by atoms with Gasteiger partial charge in [0, 0.05) is 35.1 Å². The molecule has 3 aromatic rings. The van der Waals surface area contributed by atoms with Crippen LogP contribution < -0.4 is 5.32 Å². The standard InChI is InChI=1S/C22H24N4O2/c1-14-20(15(2)26-25-14)8-5-11-23-22(28)18-7-4-6-17(12-18)21-10-9-19(13-24-21)16(3)27/h4,6-7,9-10,12-13H,5,8,11H2,1-3H3,(H,23,28)(H,25,26). The Balaban J connectivity index is 1.60. The monoisotopic (exact) mass is 376 g/mol. The third-order valence-electron chi connectivity index (χ3n) is 4.76. The third-order valence-corrected chi connectivity index (χ3v) is 4.76. The molecule has 1 amide bonds. The predicted octanol–water partition coefficient (Wildman–Crippen LogP) is 3.65. The van der Waals surface area contributed by atoms with E-state index in [0.29, 0.717) is 17.7 Å². The summed E-state index contributed by atoms with van der Waals surface area (Å²) in [6.07, 6.45) is 3.28. The number of amides is 1. The molecule has 0 aliphatic rings. The number of H-pyrrole nitrogens is 1. The lowest BCUT2D eigenvalue weighted by Gasteiger charge is -2.08. The summed E-state index contributed by atoms with van der Waals surface area (Å²) in [5.74, 6) is -0.129. The second kappa shape index (κ2) is 8.61. The highest BCUT2D eigenvalue weighted by Gasteiger charge is 2.09. The molecule has 3 rings (SSSR count). The smallest absolute Gasteiger partial charge is 0.251 e. The zero-order valence-electron chi connectivity index (χ0n) is 16.4. The van der Waals surface area contributed by atoms with Gasteiger partial charge in [0.1, 0.15) is 0 Å². The number of aromatic amines is 1. The van der Waals surface area contributed by atoms with Crippen molar-refractivity contribution in [2.75, 3.05) is 6.54 Å². The molecule has 0 fully saturated rings. The molecule has 2 heterocycles. The Hall–Kier alpha value is -3.28. The Bertz CT molecular complexity index is 971. The average molecular weight is 376 g/mol. The minimum absolute atomic E-state index is 0.0204. The highest BCUT2D eigenvalue weighted by atomic mass is 16.1. The van der Waals surface area contributed by atoms with Crippen LogP contribution in [0.3, 0.4) is 0 Å². The lowest BCUT2D eigenvalue weighted by Crippen LogP contribution is -2.24. The van der Waals surface area contributed by atoms with Gasteiger partial charge in [0.25, 0.3) is 5.91 Å². The van der Waals surface area contributed by atoms with Gasteiger partial charge in [0.15, 0.2) is 5.78 Å². The molecule has 0 atom stereocenters. The highest BCUT2D eigenvalue weighted by Crippen LogP contribution is 2.19. The summed E-state index contributed by atoms with van der Waals surface area (Å²) in [6.45, 7) is 6.10. The predicted molar refractivity (Wildman–Crippen MR) is 108 cm³/mol. The van der Waals surface area contributed by atoms with Crippen molar-refractivity contribution in [2.45, 2.75) is 33.6 Å². The maximum Gasteiger partial charge on any atom is 0.251 e. The molecule has 144 valence electrons. The van der Waals surface area contributed by atoms with Crippen molar-refractivity contribution in [1.29, 1.82) is 0 Å². The van der Waals surface area contributed by atoms with Gasteiger partial charge in [-0.25, -0.2) is 0 Å². The van der Waals surface area contributed by atoms with E-state index in [2.05, 4.69) is 20.5 Å². The number of aromatic nitrogens is 3. The zero-order valence-corrected chi connectivity index (χ0v) is 16.4. The lowest BCUT2D eigenvalue weighted by molar-refractivity contribution is 0.0952. The minimum Gasteiger partial charge on any atom is -0.352 e. The van der Waals surface area contributed by atoms with Crippen LogP contribution in [0, 0.1) is 13.8 Å². The molecular weight excluding hydrogens is 352 g/mol. The zero-order chi connectivity index (χ0) is 20.1. The molecule has 0 saturated carbocycles. The number of Topliss-reactive ketones (excluding diaryl/α,β-unsaturated/α-hetero) is 1. The molecule has 0 bridgehead atoms. The Kier molecular flexibility index (Phi) is 5.99. The Labute approximate surface area is 164 Å². The minimum atomic E-state index is -0.108. The summed E-state index contributed by atoms with van der Waals surface area (Å²) in [5, 5.41) is 10.1. The summed E-state index contributed by atoms with van der Waals surface area (Å²) in [4.78, 5) is 28.2.